The van der Waals surface area contributed by atoms with Crippen LogP contribution < -0.4 is 5.73 Å². The van der Waals surface area contributed by atoms with Gasteiger partial charge in [-0.05, 0) is 32.1 Å². The molecule has 1 saturated carbocycles. The highest BCUT2D eigenvalue weighted by Crippen LogP contribution is 2.39. The molecule has 1 aliphatic heterocycles. The largest absolute Gasteiger partial charge is 0.326 e. The number of nitrogens with zero attached hydrogens (tertiary/aromatic N) is 1. The van der Waals surface area contributed by atoms with E-state index in [-0.39, 0.29) is 0 Å². The molecule has 1 unspecified atom stereocenters. The molecule has 0 radical (unpaired) electrons. The first-order valence-corrected chi connectivity index (χ1v) is 7.50. The topological polar surface area (TPSA) is 29.3 Å². The molecule has 2 rings (SSSR count). The van der Waals surface area contributed by atoms with Gasteiger partial charge in [-0.15, -0.1) is 0 Å². The molecule has 0 aromatic heterocycles. The van der Waals surface area contributed by atoms with Crippen LogP contribution in [0.15, 0.2) is 0 Å². The molecule has 1 aliphatic carbocycles. The van der Waals surface area contributed by atoms with E-state index in [1.165, 1.54) is 51.6 Å². The van der Waals surface area contributed by atoms with Crippen LogP contribution in [0.1, 0.15) is 38.5 Å². The van der Waals surface area contributed by atoms with E-state index < -0.39 is 0 Å². The van der Waals surface area contributed by atoms with Gasteiger partial charge in [-0.25, -0.2) is 0 Å². The van der Waals surface area contributed by atoms with E-state index in [2.05, 4.69) is 22.9 Å². The Morgan fingerprint density at radius 1 is 1.33 bits per heavy atom. The van der Waals surface area contributed by atoms with E-state index in [1.54, 1.807) is 0 Å². The standard InChI is InChI=1S/C12H24N2S/c1-15-12(6-3-2-4-7-12)10-14-8-5-11(13)9-14/h11H,2-10,13H2,1H3. The first-order chi connectivity index (χ1) is 7.24. The Kier molecular flexibility index (Phi) is 3.97. The van der Waals surface area contributed by atoms with Crippen molar-refractivity contribution in [3.63, 3.8) is 0 Å². The number of likely N-dealkylation sites (tertiary alicyclic amines) is 1. The fourth-order valence-electron chi connectivity index (χ4n) is 3.04. The summed E-state index contributed by atoms with van der Waals surface area (Å²) in [6.45, 7) is 3.63. The molecule has 1 atom stereocenters. The molecule has 2 fully saturated rings. The highest BCUT2D eigenvalue weighted by molar-refractivity contribution is 8.00. The average molecular weight is 228 g/mol. The molecule has 2 aliphatic rings. The van der Waals surface area contributed by atoms with Crippen molar-refractivity contribution >= 4 is 11.8 Å². The van der Waals surface area contributed by atoms with E-state index in [0.29, 0.717) is 10.8 Å². The quantitative estimate of drug-likeness (QED) is 0.802. The van der Waals surface area contributed by atoms with Gasteiger partial charge >= 0.3 is 0 Å². The summed E-state index contributed by atoms with van der Waals surface area (Å²) >= 11 is 2.10. The van der Waals surface area contributed by atoms with Gasteiger partial charge in [0.2, 0.25) is 0 Å². The zero-order chi connectivity index (χ0) is 10.7. The van der Waals surface area contributed by atoms with Crippen LogP contribution in [0.4, 0.5) is 0 Å². The Labute approximate surface area is 98.0 Å². The number of hydrogen-bond acceptors (Lipinski definition) is 3. The van der Waals surface area contributed by atoms with Crippen molar-refractivity contribution in [3.8, 4) is 0 Å². The lowest BCUT2D eigenvalue weighted by atomic mass is 9.88. The fourth-order valence-corrected chi connectivity index (χ4v) is 4.05. The van der Waals surface area contributed by atoms with Crippen molar-refractivity contribution in [2.75, 3.05) is 25.9 Å². The number of rotatable bonds is 3. The third-order valence-electron chi connectivity index (χ3n) is 4.02. The zero-order valence-corrected chi connectivity index (χ0v) is 10.7. The maximum atomic E-state index is 5.97. The molecule has 88 valence electrons. The summed E-state index contributed by atoms with van der Waals surface area (Å²) in [5.41, 5.74) is 5.97. The van der Waals surface area contributed by atoms with Crippen LogP contribution in [-0.4, -0.2) is 41.6 Å². The molecular formula is C12H24N2S. The summed E-state index contributed by atoms with van der Waals surface area (Å²) in [6.07, 6.45) is 10.6. The van der Waals surface area contributed by atoms with Crippen LogP contribution in [0.5, 0.6) is 0 Å². The van der Waals surface area contributed by atoms with Crippen molar-refractivity contribution < 1.29 is 0 Å². The van der Waals surface area contributed by atoms with Crippen LogP contribution in [0.3, 0.4) is 0 Å². The second-order valence-electron chi connectivity index (χ2n) is 5.23. The van der Waals surface area contributed by atoms with E-state index in [4.69, 9.17) is 5.73 Å². The third-order valence-corrected chi connectivity index (χ3v) is 5.42. The Bertz CT molecular complexity index is 202. The van der Waals surface area contributed by atoms with Crippen molar-refractivity contribution in [1.82, 2.24) is 4.90 Å². The molecule has 0 aromatic rings. The minimum Gasteiger partial charge on any atom is -0.326 e. The van der Waals surface area contributed by atoms with Gasteiger partial charge < -0.3 is 10.6 Å². The summed E-state index contributed by atoms with van der Waals surface area (Å²) in [7, 11) is 0. The molecule has 0 bridgehead atoms. The van der Waals surface area contributed by atoms with Crippen LogP contribution in [0.25, 0.3) is 0 Å². The maximum Gasteiger partial charge on any atom is 0.0284 e. The Morgan fingerprint density at radius 2 is 2.07 bits per heavy atom. The SMILES string of the molecule is CSC1(CN2CCC(N)C2)CCCCC1. The maximum absolute atomic E-state index is 5.97. The average Bonchev–Trinajstić information content (AvgIpc) is 2.65. The Balaban J connectivity index is 1.89. The third kappa shape index (κ3) is 2.89. The van der Waals surface area contributed by atoms with Gasteiger partial charge in [0, 0.05) is 23.9 Å². The number of nitrogens with two attached hydrogens (primary N) is 1. The van der Waals surface area contributed by atoms with Crippen molar-refractivity contribution in [1.29, 1.82) is 0 Å². The molecule has 3 heteroatoms. The second-order valence-corrected chi connectivity index (χ2v) is 6.51. The van der Waals surface area contributed by atoms with Crippen LogP contribution in [0, 0.1) is 0 Å². The van der Waals surface area contributed by atoms with Gasteiger partial charge in [-0.1, -0.05) is 19.3 Å². The molecule has 2 nitrogen and oxygen atoms in total. The van der Waals surface area contributed by atoms with Crippen LogP contribution in [0.2, 0.25) is 0 Å². The lowest BCUT2D eigenvalue weighted by Crippen LogP contribution is -2.41. The van der Waals surface area contributed by atoms with E-state index in [0.717, 1.165) is 6.54 Å². The number of hydrogen-bond donors (Lipinski definition) is 1. The van der Waals surface area contributed by atoms with Crippen molar-refractivity contribution in [2.45, 2.75) is 49.3 Å². The van der Waals surface area contributed by atoms with E-state index in [9.17, 15) is 0 Å². The smallest absolute Gasteiger partial charge is 0.0284 e. The van der Waals surface area contributed by atoms with E-state index >= 15 is 0 Å². The van der Waals surface area contributed by atoms with Gasteiger partial charge in [-0.2, -0.15) is 11.8 Å². The first kappa shape index (κ1) is 11.7. The summed E-state index contributed by atoms with van der Waals surface area (Å²) in [6, 6.07) is 0.437. The van der Waals surface area contributed by atoms with Crippen LogP contribution >= 0.6 is 11.8 Å². The minimum absolute atomic E-state index is 0.437. The van der Waals surface area contributed by atoms with Gasteiger partial charge in [0.05, 0.1) is 0 Å². The predicted octanol–water partition coefficient (Wildman–Crippen LogP) is 2.09. The van der Waals surface area contributed by atoms with Gasteiger partial charge in [0.25, 0.3) is 0 Å². The van der Waals surface area contributed by atoms with Gasteiger partial charge in [0.15, 0.2) is 0 Å². The lowest BCUT2D eigenvalue weighted by Gasteiger charge is -2.38. The molecule has 0 spiro atoms. The molecule has 0 aromatic carbocycles. The predicted molar refractivity (Wildman–Crippen MR) is 68.4 cm³/mol. The number of thioether (sulfide) groups is 1. The molecule has 1 saturated heterocycles. The Morgan fingerprint density at radius 3 is 2.60 bits per heavy atom. The lowest BCUT2D eigenvalue weighted by molar-refractivity contribution is 0.256. The van der Waals surface area contributed by atoms with Gasteiger partial charge in [0.1, 0.15) is 0 Å². The highest BCUT2D eigenvalue weighted by Gasteiger charge is 2.34. The summed E-state index contributed by atoms with van der Waals surface area (Å²) in [4.78, 5) is 2.59. The van der Waals surface area contributed by atoms with E-state index in [1.807, 2.05) is 0 Å². The van der Waals surface area contributed by atoms with Gasteiger partial charge in [-0.3, -0.25) is 0 Å². The molecule has 1 heterocycles. The second kappa shape index (κ2) is 5.07. The van der Waals surface area contributed by atoms with Crippen molar-refractivity contribution in [3.05, 3.63) is 0 Å². The molecule has 0 amide bonds. The molecule has 2 N–H and O–H groups in total. The molecular weight excluding hydrogens is 204 g/mol. The fraction of sp³-hybridized carbons (Fsp3) is 1.00. The monoisotopic (exact) mass is 228 g/mol. The Hall–Kier alpha value is 0.270. The van der Waals surface area contributed by atoms with Crippen LogP contribution in [-0.2, 0) is 0 Å². The zero-order valence-electron chi connectivity index (χ0n) is 9.87. The minimum atomic E-state index is 0.437. The normalized spacial score (nSPS) is 32.0. The van der Waals surface area contributed by atoms with Crippen molar-refractivity contribution in [2.24, 2.45) is 5.73 Å². The summed E-state index contributed by atoms with van der Waals surface area (Å²) in [5, 5.41) is 0. The highest BCUT2D eigenvalue weighted by atomic mass is 32.2. The first-order valence-electron chi connectivity index (χ1n) is 6.27. The molecule has 15 heavy (non-hydrogen) atoms. The summed E-state index contributed by atoms with van der Waals surface area (Å²) < 4.78 is 0.558. The summed E-state index contributed by atoms with van der Waals surface area (Å²) in [5.74, 6) is 0.